The number of carbonyl (C=O) groups is 2. The van der Waals surface area contributed by atoms with E-state index in [1.807, 2.05) is 0 Å². The van der Waals surface area contributed by atoms with E-state index < -0.39 is 5.97 Å². The van der Waals surface area contributed by atoms with Crippen molar-refractivity contribution in [2.24, 2.45) is 17.8 Å². The molecule has 2 N–H and O–H groups in total. The molecule has 3 atom stereocenters. The highest BCUT2D eigenvalue weighted by Gasteiger charge is 2.46. The van der Waals surface area contributed by atoms with Crippen molar-refractivity contribution in [3.05, 3.63) is 0 Å². The number of rotatable bonds is 2. The molecular formula is C12H18N2O3. The molecule has 3 fully saturated rings. The normalized spacial score (nSPS) is 36.7. The zero-order chi connectivity index (χ0) is 12.0. The van der Waals surface area contributed by atoms with Crippen LogP contribution in [0, 0.1) is 17.8 Å². The molecule has 0 bridgehead atoms. The fourth-order valence-electron chi connectivity index (χ4n) is 3.47. The Bertz CT molecular complexity index is 352. The van der Waals surface area contributed by atoms with Gasteiger partial charge in [0.05, 0.1) is 12.0 Å². The van der Waals surface area contributed by atoms with Crippen LogP contribution in [0.3, 0.4) is 0 Å². The molecule has 0 aromatic heterocycles. The van der Waals surface area contributed by atoms with Gasteiger partial charge in [-0.2, -0.15) is 0 Å². The quantitative estimate of drug-likeness (QED) is 0.706. The molecule has 94 valence electrons. The molecule has 1 aliphatic carbocycles. The number of carboxylic acids is 1. The summed E-state index contributed by atoms with van der Waals surface area (Å²) >= 11 is 0. The lowest BCUT2D eigenvalue weighted by molar-refractivity contribution is -0.153. The number of likely N-dealkylation sites (tertiary alicyclic amines) is 1. The van der Waals surface area contributed by atoms with Gasteiger partial charge in [-0.25, -0.2) is 0 Å². The van der Waals surface area contributed by atoms with Gasteiger partial charge in [0.1, 0.15) is 0 Å². The summed E-state index contributed by atoms with van der Waals surface area (Å²) in [5.41, 5.74) is 0. The molecule has 5 nitrogen and oxygen atoms in total. The summed E-state index contributed by atoms with van der Waals surface area (Å²) in [7, 11) is 0. The van der Waals surface area contributed by atoms with Crippen molar-refractivity contribution < 1.29 is 14.7 Å². The molecular weight excluding hydrogens is 220 g/mol. The van der Waals surface area contributed by atoms with E-state index in [0.717, 1.165) is 13.0 Å². The van der Waals surface area contributed by atoms with Gasteiger partial charge in [-0.3, -0.25) is 9.59 Å². The lowest BCUT2D eigenvalue weighted by Gasteiger charge is -2.39. The molecule has 5 heteroatoms. The van der Waals surface area contributed by atoms with Crippen molar-refractivity contribution in [3.8, 4) is 0 Å². The van der Waals surface area contributed by atoms with Gasteiger partial charge < -0.3 is 15.3 Å². The van der Waals surface area contributed by atoms with E-state index in [4.69, 9.17) is 5.11 Å². The monoisotopic (exact) mass is 238 g/mol. The average Bonchev–Trinajstić information content (AvgIpc) is 2.73. The molecule has 2 aliphatic heterocycles. The fraction of sp³-hybridized carbons (Fsp3) is 0.833. The average molecular weight is 238 g/mol. The van der Waals surface area contributed by atoms with Gasteiger partial charge in [0.25, 0.3) is 0 Å². The molecule has 0 aromatic rings. The Kier molecular flexibility index (Phi) is 2.58. The zero-order valence-electron chi connectivity index (χ0n) is 9.76. The second kappa shape index (κ2) is 3.98. The molecule has 0 radical (unpaired) electrons. The lowest BCUT2D eigenvalue weighted by atomic mass is 9.91. The summed E-state index contributed by atoms with van der Waals surface area (Å²) < 4.78 is 0. The first kappa shape index (κ1) is 11.0. The lowest BCUT2D eigenvalue weighted by Crippen LogP contribution is -2.58. The first-order valence-electron chi connectivity index (χ1n) is 6.42. The number of aliphatic carboxylic acids is 1. The number of nitrogens with one attached hydrogen (secondary N) is 1. The summed E-state index contributed by atoms with van der Waals surface area (Å²) in [5, 5.41) is 12.1. The van der Waals surface area contributed by atoms with Gasteiger partial charge in [-0.1, -0.05) is 6.42 Å². The predicted molar refractivity (Wildman–Crippen MR) is 60.3 cm³/mol. The fourth-order valence-corrected chi connectivity index (χ4v) is 3.47. The summed E-state index contributed by atoms with van der Waals surface area (Å²) in [6.45, 7) is 1.74. The van der Waals surface area contributed by atoms with Crippen molar-refractivity contribution in [2.45, 2.75) is 25.3 Å². The highest BCUT2D eigenvalue weighted by molar-refractivity contribution is 5.85. The van der Waals surface area contributed by atoms with Crippen LogP contribution < -0.4 is 5.32 Å². The minimum absolute atomic E-state index is 0.0442. The second-order valence-electron chi connectivity index (χ2n) is 5.52. The van der Waals surface area contributed by atoms with Crippen LogP contribution in [0.1, 0.15) is 19.3 Å². The Hall–Kier alpha value is -1.10. The number of hydrogen-bond donors (Lipinski definition) is 2. The Morgan fingerprint density at radius 1 is 1.24 bits per heavy atom. The van der Waals surface area contributed by atoms with Crippen LogP contribution in [0.2, 0.25) is 0 Å². The largest absolute Gasteiger partial charge is 0.481 e. The molecule has 3 unspecified atom stereocenters. The van der Waals surface area contributed by atoms with Crippen molar-refractivity contribution in [3.63, 3.8) is 0 Å². The van der Waals surface area contributed by atoms with Crippen LogP contribution in [0.25, 0.3) is 0 Å². The predicted octanol–water partition coefficient (Wildman–Crippen LogP) is -0.0825. The van der Waals surface area contributed by atoms with Gasteiger partial charge in [-0.05, 0) is 31.2 Å². The first-order chi connectivity index (χ1) is 8.16. The zero-order valence-corrected chi connectivity index (χ0v) is 9.76. The third-order valence-corrected chi connectivity index (χ3v) is 4.55. The number of carbonyl (C=O) groups excluding carboxylic acids is 1. The summed E-state index contributed by atoms with van der Waals surface area (Å²) in [6.07, 6.45) is 3.61. The van der Waals surface area contributed by atoms with Crippen molar-refractivity contribution >= 4 is 11.9 Å². The second-order valence-corrected chi connectivity index (χ2v) is 5.52. The number of hydrogen-bond acceptors (Lipinski definition) is 3. The molecule has 1 amide bonds. The van der Waals surface area contributed by atoms with Crippen LogP contribution in [0.5, 0.6) is 0 Å². The summed E-state index contributed by atoms with van der Waals surface area (Å²) in [4.78, 5) is 24.6. The van der Waals surface area contributed by atoms with E-state index in [0.29, 0.717) is 24.9 Å². The standard InChI is InChI=1S/C12H18N2O3/c15-11(14-5-8(6-14)12(16)17)10-9-3-1-2-7(9)4-13-10/h7-10,13H,1-6H2,(H,16,17). The van der Waals surface area contributed by atoms with Crippen LogP contribution >= 0.6 is 0 Å². The van der Waals surface area contributed by atoms with Gasteiger partial charge in [-0.15, -0.1) is 0 Å². The maximum Gasteiger partial charge on any atom is 0.310 e. The van der Waals surface area contributed by atoms with Crippen molar-refractivity contribution in [1.29, 1.82) is 0 Å². The summed E-state index contributed by atoms with van der Waals surface area (Å²) in [5.74, 6) is 0.149. The topological polar surface area (TPSA) is 69.6 Å². The van der Waals surface area contributed by atoms with Crippen molar-refractivity contribution in [1.82, 2.24) is 10.2 Å². The molecule has 17 heavy (non-hydrogen) atoms. The first-order valence-corrected chi connectivity index (χ1v) is 6.42. The van der Waals surface area contributed by atoms with E-state index in [-0.39, 0.29) is 17.9 Å². The maximum atomic E-state index is 12.2. The van der Waals surface area contributed by atoms with Gasteiger partial charge in [0.15, 0.2) is 0 Å². The third kappa shape index (κ3) is 1.73. The van der Waals surface area contributed by atoms with Crippen LogP contribution in [-0.2, 0) is 9.59 Å². The number of carboxylic acid groups (broad SMARTS) is 1. The maximum absolute atomic E-state index is 12.2. The summed E-state index contributed by atoms with van der Waals surface area (Å²) in [6, 6.07) is -0.0442. The third-order valence-electron chi connectivity index (χ3n) is 4.55. The molecule has 3 aliphatic rings. The SMILES string of the molecule is O=C(O)C1CN(C(=O)C2NCC3CCCC32)C1. The molecule has 0 spiro atoms. The Morgan fingerprint density at radius 2 is 2.00 bits per heavy atom. The van der Waals surface area contributed by atoms with Crippen LogP contribution in [-0.4, -0.2) is 47.6 Å². The molecule has 0 aromatic carbocycles. The molecule has 2 heterocycles. The van der Waals surface area contributed by atoms with E-state index >= 15 is 0 Å². The van der Waals surface area contributed by atoms with E-state index in [2.05, 4.69) is 5.32 Å². The molecule has 1 saturated carbocycles. The number of nitrogens with zero attached hydrogens (tertiary/aromatic N) is 1. The number of fused-ring (bicyclic) bond motifs is 1. The molecule has 3 rings (SSSR count). The minimum Gasteiger partial charge on any atom is -0.481 e. The smallest absolute Gasteiger partial charge is 0.310 e. The van der Waals surface area contributed by atoms with E-state index in [1.54, 1.807) is 4.90 Å². The number of amides is 1. The van der Waals surface area contributed by atoms with E-state index in [9.17, 15) is 9.59 Å². The van der Waals surface area contributed by atoms with Gasteiger partial charge in [0.2, 0.25) is 5.91 Å². The Labute approximate surface area is 100 Å². The van der Waals surface area contributed by atoms with Crippen LogP contribution in [0.15, 0.2) is 0 Å². The van der Waals surface area contributed by atoms with Crippen molar-refractivity contribution in [2.75, 3.05) is 19.6 Å². The Morgan fingerprint density at radius 3 is 2.71 bits per heavy atom. The van der Waals surface area contributed by atoms with Crippen LogP contribution in [0.4, 0.5) is 0 Å². The highest BCUT2D eigenvalue weighted by Crippen LogP contribution is 2.38. The van der Waals surface area contributed by atoms with Gasteiger partial charge >= 0.3 is 5.97 Å². The van der Waals surface area contributed by atoms with Gasteiger partial charge in [0, 0.05) is 13.1 Å². The highest BCUT2D eigenvalue weighted by atomic mass is 16.4. The minimum atomic E-state index is -0.785. The Balaban J connectivity index is 1.59. The molecule has 2 saturated heterocycles. The van der Waals surface area contributed by atoms with E-state index in [1.165, 1.54) is 12.8 Å².